The second kappa shape index (κ2) is 11.0. The number of nitrogens with one attached hydrogen (secondary N) is 3. The molecule has 226 valence electrons. The van der Waals surface area contributed by atoms with E-state index in [1.165, 1.54) is 6.20 Å². The number of pyridine rings is 1. The smallest absolute Gasteiger partial charge is 0.272 e. The Balaban J connectivity index is 1.04. The summed E-state index contributed by atoms with van der Waals surface area (Å²) in [5, 5.41) is 8.70. The topological polar surface area (TPSA) is 131 Å². The Kier molecular flexibility index (Phi) is 6.94. The highest BCUT2D eigenvalue weighted by atomic mass is 19.3. The summed E-state index contributed by atoms with van der Waals surface area (Å²) < 4.78 is 32.4. The molecule has 3 aliphatic rings. The van der Waals surface area contributed by atoms with Crippen LogP contribution in [0.3, 0.4) is 0 Å². The van der Waals surface area contributed by atoms with Gasteiger partial charge in [-0.2, -0.15) is 0 Å². The Hall–Kier alpha value is -4.95. The van der Waals surface area contributed by atoms with Crippen LogP contribution in [0.5, 0.6) is 0 Å². The number of anilines is 1. The minimum absolute atomic E-state index is 0.102. The number of amides is 2. The Morgan fingerprint density at radius 2 is 1.84 bits per heavy atom. The molecule has 2 aliphatic heterocycles. The summed E-state index contributed by atoms with van der Waals surface area (Å²) in [6, 6.07) is 18.1. The van der Waals surface area contributed by atoms with Crippen LogP contribution in [0.1, 0.15) is 28.5 Å². The fraction of sp³-hybridized carbons (Fsp3) is 0.300. The minimum Gasteiger partial charge on any atom is -0.436 e. The Labute approximate surface area is 250 Å². The molecular formula is C30H29F2N9O3. The van der Waals surface area contributed by atoms with E-state index < -0.39 is 24.2 Å². The first-order valence-corrected chi connectivity index (χ1v) is 14.2. The molecule has 2 aromatic heterocycles. The molecule has 4 heterocycles. The lowest BCUT2D eigenvalue weighted by Gasteiger charge is -2.39. The Morgan fingerprint density at radius 3 is 2.55 bits per heavy atom. The van der Waals surface area contributed by atoms with Crippen molar-refractivity contribution in [2.45, 2.75) is 18.4 Å². The zero-order valence-electron chi connectivity index (χ0n) is 23.7. The number of nitrogens with zero attached hydrogens (tertiary/aromatic N) is 6. The van der Waals surface area contributed by atoms with Crippen molar-refractivity contribution in [3.63, 3.8) is 0 Å². The molecule has 1 saturated heterocycles. The van der Waals surface area contributed by atoms with Gasteiger partial charge in [0.2, 0.25) is 11.8 Å². The van der Waals surface area contributed by atoms with E-state index in [0.29, 0.717) is 48.5 Å². The monoisotopic (exact) mass is 601 g/mol. The summed E-state index contributed by atoms with van der Waals surface area (Å²) in [6.45, 7) is 2.29. The first-order chi connectivity index (χ1) is 21.2. The van der Waals surface area contributed by atoms with Crippen molar-refractivity contribution in [2.75, 3.05) is 38.5 Å². The number of halogens is 2. The van der Waals surface area contributed by atoms with Gasteiger partial charge in [0.25, 0.3) is 11.8 Å². The lowest BCUT2D eigenvalue weighted by atomic mass is 10.0. The van der Waals surface area contributed by atoms with Gasteiger partial charge in [-0.15, -0.1) is 10.6 Å². The average Bonchev–Trinajstić information content (AvgIpc) is 3.32. The highest BCUT2D eigenvalue weighted by Crippen LogP contribution is 2.49. The maximum atomic E-state index is 13.5. The van der Waals surface area contributed by atoms with Gasteiger partial charge in [0.15, 0.2) is 11.4 Å². The van der Waals surface area contributed by atoms with Gasteiger partial charge >= 0.3 is 0 Å². The van der Waals surface area contributed by atoms with E-state index in [0.717, 1.165) is 11.4 Å². The third kappa shape index (κ3) is 5.44. The van der Waals surface area contributed by atoms with Crippen LogP contribution in [0, 0.1) is 5.92 Å². The summed E-state index contributed by atoms with van der Waals surface area (Å²) >= 11 is 0. The normalized spacial score (nSPS) is 20.2. The number of hydrazone groups is 1. The predicted octanol–water partition coefficient (Wildman–Crippen LogP) is 3.25. The van der Waals surface area contributed by atoms with Crippen molar-refractivity contribution in [1.29, 1.82) is 0 Å². The zero-order valence-corrected chi connectivity index (χ0v) is 23.7. The van der Waals surface area contributed by atoms with Gasteiger partial charge < -0.3 is 14.6 Å². The van der Waals surface area contributed by atoms with Crippen molar-refractivity contribution in [1.82, 2.24) is 35.8 Å². The summed E-state index contributed by atoms with van der Waals surface area (Å²) in [5.41, 5.74) is 9.30. The molecule has 3 N–H and O–H groups in total. The van der Waals surface area contributed by atoms with Gasteiger partial charge in [0, 0.05) is 57.1 Å². The largest absolute Gasteiger partial charge is 0.436 e. The van der Waals surface area contributed by atoms with Gasteiger partial charge in [-0.3, -0.25) is 24.9 Å². The number of carbonyl (C=O) groups excluding carboxylic acids is 2. The van der Waals surface area contributed by atoms with E-state index in [2.05, 4.69) is 48.4 Å². The fourth-order valence-electron chi connectivity index (χ4n) is 5.53. The molecule has 2 amide bonds. The van der Waals surface area contributed by atoms with Crippen LogP contribution in [0.15, 0.2) is 76.4 Å². The van der Waals surface area contributed by atoms with Crippen LogP contribution in [-0.4, -0.2) is 81.7 Å². The van der Waals surface area contributed by atoms with Crippen LogP contribution >= 0.6 is 0 Å². The van der Waals surface area contributed by atoms with E-state index >= 15 is 0 Å². The Morgan fingerprint density at radius 1 is 1.07 bits per heavy atom. The molecular weight excluding hydrogens is 572 g/mol. The summed E-state index contributed by atoms with van der Waals surface area (Å²) in [6.07, 6.45) is 1.10. The number of amidine groups is 1. The predicted molar refractivity (Wildman–Crippen MR) is 157 cm³/mol. The number of carbonyl (C=O) groups is 2. The summed E-state index contributed by atoms with van der Waals surface area (Å²) in [5.74, 6) is -4.11. The third-order valence-electron chi connectivity index (χ3n) is 7.97. The van der Waals surface area contributed by atoms with E-state index in [1.54, 1.807) is 40.3 Å². The van der Waals surface area contributed by atoms with Crippen LogP contribution in [0.4, 0.5) is 14.5 Å². The van der Waals surface area contributed by atoms with E-state index in [4.69, 9.17) is 4.42 Å². The maximum Gasteiger partial charge on any atom is 0.272 e. The number of hydrogen-bond acceptors (Lipinski definition) is 10. The molecule has 1 saturated carbocycles. The van der Waals surface area contributed by atoms with Crippen molar-refractivity contribution < 1.29 is 22.8 Å². The first-order valence-electron chi connectivity index (χ1n) is 14.2. The van der Waals surface area contributed by atoms with Gasteiger partial charge in [-0.1, -0.05) is 30.3 Å². The van der Waals surface area contributed by atoms with Gasteiger partial charge in [-0.05, 0) is 35.9 Å². The number of oxazole rings is 1. The zero-order chi connectivity index (χ0) is 30.4. The molecule has 1 aliphatic carbocycles. The number of hydrazine groups is 2. The quantitative estimate of drug-likeness (QED) is 0.292. The molecule has 2 aromatic carbocycles. The van der Waals surface area contributed by atoms with Crippen LogP contribution in [-0.2, 0) is 4.79 Å². The molecule has 0 radical (unpaired) electrons. The molecule has 4 aromatic rings. The first kappa shape index (κ1) is 27.9. The molecule has 0 bridgehead atoms. The number of alkyl halides is 2. The van der Waals surface area contributed by atoms with Crippen LogP contribution in [0.25, 0.3) is 22.6 Å². The van der Waals surface area contributed by atoms with Gasteiger partial charge in [0.1, 0.15) is 17.1 Å². The van der Waals surface area contributed by atoms with Crippen molar-refractivity contribution in [2.24, 2.45) is 11.0 Å². The molecule has 14 heteroatoms. The fourth-order valence-corrected chi connectivity index (χ4v) is 5.53. The molecule has 2 atom stereocenters. The lowest BCUT2D eigenvalue weighted by Crippen LogP contribution is -2.52. The van der Waals surface area contributed by atoms with Gasteiger partial charge in [-0.25, -0.2) is 18.9 Å². The Bertz CT molecular complexity index is 1760. The number of benzene rings is 2. The molecule has 12 nitrogen and oxygen atoms in total. The molecule has 0 unspecified atom stereocenters. The molecule has 0 spiro atoms. The average molecular weight is 602 g/mol. The summed E-state index contributed by atoms with van der Waals surface area (Å²) in [4.78, 5) is 38.5. The van der Waals surface area contributed by atoms with Crippen LogP contribution < -0.4 is 16.3 Å². The molecule has 44 heavy (non-hydrogen) atoms. The molecule has 7 rings (SSSR count). The van der Waals surface area contributed by atoms with E-state index in [9.17, 15) is 18.4 Å². The van der Waals surface area contributed by atoms with Crippen molar-refractivity contribution in [3.05, 3.63) is 78.1 Å². The number of rotatable bonds is 7. The lowest BCUT2D eigenvalue weighted by molar-refractivity contribution is -0.119. The second-order valence-electron chi connectivity index (χ2n) is 11.0. The maximum absolute atomic E-state index is 13.5. The molecule has 2 fully saturated rings. The number of aromatic nitrogens is 2. The van der Waals surface area contributed by atoms with Crippen molar-refractivity contribution in [3.8, 4) is 11.5 Å². The number of hydrogen-bond donors (Lipinski definition) is 3. The third-order valence-corrected chi connectivity index (χ3v) is 7.97. The summed E-state index contributed by atoms with van der Waals surface area (Å²) in [7, 11) is 1.82. The van der Waals surface area contributed by atoms with Gasteiger partial charge in [0.05, 0.1) is 6.04 Å². The van der Waals surface area contributed by atoms with Crippen molar-refractivity contribution >= 4 is 34.4 Å². The van der Waals surface area contributed by atoms with Crippen LogP contribution in [0.2, 0.25) is 0 Å². The number of piperazine rings is 1. The highest BCUT2D eigenvalue weighted by molar-refractivity contribution is 5.97. The SMILES string of the molecule is CN1N=C([C@@H](c2ccccc2)N2CCN(C(=O)c3cc(-c4nc5cc(NC(=O)[C@@H]6CC6(F)F)ccc5o4)ccn3)CC2)NN1. The highest BCUT2D eigenvalue weighted by Gasteiger charge is 2.61. The van der Waals surface area contributed by atoms with E-state index in [-0.39, 0.29) is 23.5 Å². The minimum atomic E-state index is -2.94. The second-order valence-corrected chi connectivity index (χ2v) is 11.0. The number of fused-ring (bicyclic) bond motifs is 1. The van der Waals surface area contributed by atoms with E-state index in [1.807, 2.05) is 25.2 Å². The standard InChI is InChI=1S/C30H29F2N9O3/c1-39-37-26(36-38-39)25(18-5-3-2-4-6-18)40-11-13-41(14-12-40)29(43)23-15-19(9-10-33-23)28-35-22-16-20(7-8-24(22)44-28)34-27(42)21-17-30(21,31)32/h2-10,15-16,21,25,38H,11-14,17H2,1H3,(H,34,42)(H,36,37)/t21-,25+/m0/s1.